The molecule has 1 fully saturated rings. The first-order chi connectivity index (χ1) is 6.77. The number of benzene rings is 1. The highest BCUT2D eigenvalue weighted by Gasteiger charge is 2.26. The van der Waals surface area contributed by atoms with Crippen molar-refractivity contribution in [2.75, 3.05) is 6.54 Å². The predicted octanol–water partition coefficient (Wildman–Crippen LogP) is 2.84. The van der Waals surface area contributed by atoms with E-state index >= 15 is 0 Å². The molecule has 0 spiro atoms. The third-order valence-electron chi connectivity index (χ3n) is 2.76. The van der Waals surface area contributed by atoms with Crippen LogP contribution in [0.5, 0.6) is 0 Å². The summed E-state index contributed by atoms with van der Waals surface area (Å²) in [4.78, 5) is 0. The van der Waals surface area contributed by atoms with Crippen molar-refractivity contribution in [2.45, 2.75) is 30.4 Å². The molecule has 1 saturated heterocycles. The molecule has 0 amide bonds. The molecule has 3 unspecified atom stereocenters. The Kier molecular flexibility index (Phi) is 3.14. The van der Waals surface area contributed by atoms with E-state index in [1.165, 1.54) is 5.56 Å². The molecule has 1 N–H and O–H groups in total. The van der Waals surface area contributed by atoms with Crippen LogP contribution in [-0.2, 0) is 0 Å². The molecule has 2 rings (SSSR count). The molecule has 76 valence electrons. The first-order valence-corrected chi connectivity index (χ1v) is 6.15. The fourth-order valence-corrected chi connectivity index (χ4v) is 3.13. The van der Waals surface area contributed by atoms with Crippen LogP contribution in [0, 0.1) is 0 Å². The van der Waals surface area contributed by atoms with Crippen molar-refractivity contribution in [3.63, 3.8) is 0 Å². The molecule has 1 aliphatic rings. The number of hydrogen-bond acceptors (Lipinski definition) is 2. The Morgan fingerprint density at radius 3 is 2.64 bits per heavy atom. The van der Waals surface area contributed by atoms with Gasteiger partial charge in [-0.3, -0.25) is 0 Å². The Balaban J connectivity index is 2.05. The van der Waals surface area contributed by atoms with Crippen LogP contribution in [0.25, 0.3) is 0 Å². The van der Waals surface area contributed by atoms with Gasteiger partial charge in [-0.05, 0) is 5.56 Å². The van der Waals surface area contributed by atoms with E-state index < -0.39 is 0 Å². The van der Waals surface area contributed by atoms with Crippen LogP contribution in [0.3, 0.4) is 0 Å². The molecule has 1 aromatic rings. The summed E-state index contributed by atoms with van der Waals surface area (Å²) in [6, 6.07) is 10.8. The van der Waals surface area contributed by atoms with Crippen molar-refractivity contribution in [1.82, 2.24) is 5.32 Å². The second-order valence-electron chi connectivity index (χ2n) is 3.97. The maximum atomic E-state index is 3.57. The lowest BCUT2D eigenvalue weighted by Gasteiger charge is -2.19. The van der Waals surface area contributed by atoms with Gasteiger partial charge in [0, 0.05) is 17.7 Å². The van der Waals surface area contributed by atoms with E-state index in [-0.39, 0.29) is 0 Å². The van der Waals surface area contributed by atoms with Crippen molar-refractivity contribution in [2.24, 2.45) is 0 Å². The average Bonchev–Trinajstić information content (AvgIpc) is 2.65. The SMILES string of the molecule is CC1CNC(C(C)c2ccccc2)S1. The zero-order chi connectivity index (χ0) is 9.97. The lowest BCUT2D eigenvalue weighted by Crippen LogP contribution is -2.25. The maximum absolute atomic E-state index is 3.57. The summed E-state index contributed by atoms with van der Waals surface area (Å²) in [5.41, 5.74) is 1.44. The summed E-state index contributed by atoms with van der Waals surface area (Å²) in [7, 11) is 0. The van der Waals surface area contributed by atoms with Crippen molar-refractivity contribution in [3.05, 3.63) is 35.9 Å². The summed E-state index contributed by atoms with van der Waals surface area (Å²) >= 11 is 2.06. The molecule has 1 heterocycles. The Hall–Kier alpha value is -0.470. The van der Waals surface area contributed by atoms with Crippen LogP contribution in [-0.4, -0.2) is 17.2 Å². The Bertz CT molecular complexity index is 286. The topological polar surface area (TPSA) is 12.0 Å². The molecule has 1 nitrogen and oxygen atoms in total. The van der Waals surface area contributed by atoms with Gasteiger partial charge >= 0.3 is 0 Å². The molecular formula is C12H17NS. The molecule has 3 atom stereocenters. The third-order valence-corrected chi connectivity index (χ3v) is 4.26. The van der Waals surface area contributed by atoms with Gasteiger partial charge in [0.05, 0.1) is 5.37 Å². The Labute approximate surface area is 90.3 Å². The zero-order valence-corrected chi connectivity index (χ0v) is 9.55. The highest BCUT2D eigenvalue weighted by molar-refractivity contribution is 8.00. The summed E-state index contributed by atoms with van der Waals surface area (Å²) in [5.74, 6) is 0.603. The van der Waals surface area contributed by atoms with Gasteiger partial charge in [0.15, 0.2) is 0 Å². The molecular weight excluding hydrogens is 190 g/mol. The predicted molar refractivity (Wildman–Crippen MR) is 63.7 cm³/mol. The zero-order valence-electron chi connectivity index (χ0n) is 8.73. The summed E-state index contributed by atoms with van der Waals surface area (Å²) in [5, 5.41) is 4.91. The van der Waals surface area contributed by atoms with Crippen LogP contribution in [0.1, 0.15) is 25.3 Å². The van der Waals surface area contributed by atoms with Gasteiger partial charge in [0.2, 0.25) is 0 Å². The highest BCUT2D eigenvalue weighted by atomic mass is 32.2. The average molecular weight is 207 g/mol. The number of nitrogens with one attached hydrogen (secondary N) is 1. The van der Waals surface area contributed by atoms with Gasteiger partial charge in [0.1, 0.15) is 0 Å². The number of rotatable bonds is 2. The first-order valence-electron chi connectivity index (χ1n) is 5.21. The van der Waals surface area contributed by atoms with Crippen molar-refractivity contribution in [3.8, 4) is 0 Å². The van der Waals surface area contributed by atoms with E-state index in [2.05, 4.69) is 61.3 Å². The van der Waals surface area contributed by atoms with Crippen LogP contribution in [0.15, 0.2) is 30.3 Å². The Morgan fingerprint density at radius 2 is 2.07 bits per heavy atom. The number of thioether (sulfide) groups is 1. The second kappa shape index (κ2) is 4.37. The largest absolute Gasteiger partial charge is 0.304 e. The summed E-state index contributed by atoms with van der Waals surface area (Å²) in [6.07, 6.45) is 0. The van der Waals surface area contributed by atoms with E-state index in [0.717, 1.165) is 11.8 Å². The van der Waals surface area contributed by atoms with Crippen molar-refractivity contribution < 1.29 is 0 Å². The molecule has 1 aromatic carbocycles. The molecule has 0 bridgehead atoms. The first kappa shape index (κ1) is 10.1. The normalized spacial score (nSPS) is 29.0. The molecule has 0 radical (unpaired) electrons. The van der Waals surface area contributed by atoms with Gasteiger partial charge in [-0.1, -0.05) is 44.2 Å². The fourth-order valence-electron chi connectivity index (χ4n) is 1.85. The van der Waals surface area contributed by atoms with Crippen molar-refractivity contribution >= 4 is 11.8 Å². The van der Waals surface area contributed by atoms with Crippen LogP contribution in [0.4, 0.5) is 0 Å². The van der Waals surface area contributed by atoms with Gasteiger partial charge in [-0.15, -0.1) is 11.8 Å². The van der Waals surface area contributed by atoms with E-state index in [1.807, 2.05) is 0 Å². The van der Waals surface area contributed by atoms with Gasteiger partial charge in [0.25, 0.3) is 0 Å². The van der Waals surface area contributed by atoms with Crippen LogP contribution < -0.4 is 5.32 Å². The molecule has 0 aromatic heterocycles. The molecule has 0 saturated carbocycles. The van der Waals surface area contributed by atoms with E-state index in [0.29, 0.717) is 11.3 Å². The Morgan fingerprint density at radius 1 is 1.36 bits per heavy atom. The smallest absolute Gasteiger partial charge is 0.0602 e. The minimum absolute atomic E-state index is 0.590. The minimum atomic E-state index is 0.590. The van der Waals surface area contributed by atoms with Crippen LogP contribution >= 0.6 is 11.8 Å². The summed E-state index contributed by atoms with van der Waals surface area (Å²) < 4.78 is 0. The highest BCUT2D eigenvalue weighted by Crippen LogP contribution is 2.32. The van der Waals surface area contributed by atoms with E-state index in [9.17, 15) is 0 Å². The maximum Gasteiger partial charge on any atom is 0.0602 e. The van der Waals surface area contributed by atoms with E-state index in [1.54, 1.807) is 0 Å². The minimum Gasteiger partial charge on any atom is -0.304 e. The molecule has 0 aliphatic carbocycles. The van der Waals surface area contributed by atoms with Crippen LogP contribution in [0.2, 0.25) is 0 Å². The number of hydrogen-bond donors (Lipinski definition) is 1. The second-order valence-corrected chi connectivity index (χ2v) is 5.56. The third kappa shape index (κ3) is 2.12. The standard InChI is InChI=1S/C12H17NS/c1-9-8-13-12(14-9)10(2)11-6-4-3-5-7-11/h3-7,9-10,12-13H,8H2,1-2H3. The lowest BCUT2D eigenvalue weighted by atomic mass is 10.0. The monoisotopic (exact) mass is 207 g/mol. The summed E-state index contributed by atoms with van der Waals surface area (Å²) in [6.45, 7) is 5.74. The van der Waals surface area contributed by atoms with Gasteiger partial charge in [-0.2, -0.15) is 0 Å². The van der Waals surface area contributed by atoms with Gasteiger partial charge in [-0.25, -0.2) is 0 Å². The lowest BCUT2D eigenvalue weighted by molar-refractivity contribution is 0.607. The molecule has 1 aliphatic heterocycles. The van der Waals surface area contributed by atoms with Crippen molar-refractivity contribution in [1.29, 1.82) is 0 Å². The quantitative estimate of drug-likeness (QED) is 0.800. The fraction of sp³-hybridized carbons (Fsp3) is 0.500. The van der Waals surface area contributed by atoms with E-state index in [4.69, 9.17) is 0 Å². The van der Waals surface area contributed by atoms with Gasteiger partial charge < -0.3 is 5.32 Å². The molecule has 2 heteroatoms. The molecule has 14 heavy (non-hydrogen) atoms.